The van der Waals surface area contributed by atoms with Crippen molar-refractivity contribution in [3.05, 3.63) is 32.4 Å². The summed E-state index contributed by atoms with van der Waals surface area (Å²) in [7, 11) is 0. The molecule has 2 heterocycles. The van der Waals surface area contributed by atoms with Gasteiger partial charge in [-0.25, -0.2) is 0 Å². The number of halogens is 2. The van der Waals surface area contributed by atoms with Gasteiger partial charge in [-0.2, -0.15) is 0 Å². The molecule has 116 valence electrons. The third kappa shape index (κ3) is 2.72. The molecular weight excluding hydrogens is 416 g/mol. The number of dihydropyridines is 1. The molecule has 0 saturated carbocycles. The summed E-state index contributed by atoms with van der Waals surface area (Å²) < 4.78 is 1.36. The lowest BCUT2D eigenvalue weighted by molar-refractivity contribution is -0.135. The second-order valence-corrected chi connectivity index (χ2v) is 7.23. The molecule has 0 aromatic heterocycles. The number of aliphatic hydroxyl groups is 1. The Morgan fingerprint density at radius 3 is 2.77 bits per heavy atom. The highest BCUT2D eigenvalue weighted by Crippen LogP contribution is 2.35. The second-order valence-electron chi connectivity index (χ2n) is 5.42. The van der Waals surface area contributed by atoms with Crippen LogP contribution in [0, 0.1) is 5.92 Å². The zero-order valence-electron chi connectivity index (χ0n) is 11.7. The number of nitrogens with zero attached hydrogens (tertiary/aromatic N) is 2. The minimum absolute atomic E-state index is 0.152. The van der Waals surface area contributed by atoms with Gasteiger partial charge in [0.05, 0.1) is 10.1 Å². The van der Waals surface area contributed by atoms with Crippen molar-refractivity contribution >= 4 is 49.4 Å². The summed E-state index contributed by atoms with van der Waals surface area (Å²) in [6.45, 7) is 0.928. The first-order valence-corrected chi connectivity index (χ1v) is 8.64. The highest BCUT2D eigenvalue weighted by Gasteiger charge is 2.40. The van der Waals surface area contributed by atoms with Crippen molar-refractivity contribution in [3.63, 3.8) is 0 Å². The summed E-state index contributed by atoms with van der Waals surface area (Å²) in [4.78, 5) is 30.0. The molecular formula is C15H14Br2N2O3. The summed E-state index contributed by atoms with van der Waals surface area (Å²) in [6.07, 6.45) is 5.73. The van der Waals surface area contributed by atoms with Crippen molar-refractivity contribution in [1.29, 1.82) is 0 Å². The van der Waals surface area contributed by atoms with E-state index in [1.54, 1.807) is 6.08 Å². The molecule has 1 aliphatic carbocycles. The van der Waals surface area contributed by atoms with Gasteiger partial charge in [0.2, 0.25) is 0 Å². The Morgan fingerprint density at radius 2 is 2.09 bits per heavy atom. The predicted octanol–water partition coefficient (Wildman–Crippen LogP) is 2.98. The number of hydrogen-bond donors (Lipinski definition) is 1. The van der Waals surface area contributed by atoms with E-state index in [2.05, 4.69) is 36.9 Å². The van der Waals surface area contributed by atoms with Gasteiger partial charge in [0.25, 0.3) is 11.8 Å². The maximum atomic E-state index is 12.3. The average molecular weight is 430 g/mol. The fraction of sp³-hybridized carbons (Fsp3) is 0.400. The molecule has 1 N–H and O–H groups in total. The number of carbonyl (C=O) groups is 2. The number of aliphatic imine (C=N–C) groups is 1. The van der Waals surface area contributed by atoms with Crippen molar-refractivity contribution in [3.8, 4) is 0 Å². The fourth-order valence-electron chi connectivity index (χ4n) is 2.79. The Labute approximate surface area is 144 Å². The third-order valence-corrected chi connectivity index (χ3v) is 5.30. The molecule has 1 atom stereocenters. The predicted molar refractivity (Wildman–Crippen MR) is 90.0 cm³/mol. The SMILES string of the molecule is O=C1C2=CCCN=C2C(=O)N1CCC1C=C(Br)C(O)=C(Br)C1. The molecule has 3 aliphatic rings. The molecule has 0 radical (unpaired) electrons. The van der Waals surface area contributed by atoms with E-state index in [9.17, 15) is 14.7 Å². The quantitative estimate of drug-likeness (QED) is 0.701. The molecule has 3 rings (SSSR count). The van der Waals surface area contributed by atoms with Crippen LogP contribution < -0.4 is 0 Å². The Morgan fingerprint density at radius 1 is 1.32 bits per heavy atom. The molecule has 7 heteroatoms. The van der Waals surface area contributed by atoms with Crippen LogP contribution in [0.4, 0.5) is 0 Å². The van der Waals surface area contributed by atoms with Crippen molar-refractivity contribution in [2.75, 3.05) is 13.1 Å². The molecule has 1 saturated heterocycles. The smallest absolute Gasteiger partial charge is 0.279 e. The van der Waals surface area contributed by atoms with Crippen LogP contribution in [0.3, 0.4) is 0 Å². The van der Waals surface area contributed by atoms with Crippen molar-refractivity contribution in [2.45, 2.75) is 19.3 Å². The highest BCUT2D eigenvalue weighted by atomic mass is 79.9. The first-order chi connectivity index (χ1) is 10.5. The molecule has 0 spiro atoms. The van der Waals surface area contributed by atoms with Gasteiger partial charge in [-0.05, 0) is 41.1 Å². The number of imide groups is 1. The van der Waals surface area contributed by atoms with Crippen LogP contribution in [0.1, 0.15) is 19.3 Å². The van der Waals surface area contributed by atoms with Gasteiger partial charge in [0.1, 0.15) is 11.5 Å². The van der Waals surface area contributed by atoms with Gasteiger partial charge >= 0.3 is 0 Å². The normalized spacial score (nSPS) is 25.1. The van der Waals surface area contributed by atoms with E-state index in [-0.39, 0.29) is 23.5 Å². The van der Waals surface area contributed by atoms with Crippen molar-refractivity contribution in [2.24, 2.45) is 10.9 Å². The number of fused-ring (bicyclic) bond motifs is 1. The van der Waals surface area contributed by atoms with Crippen LogP contribution >= 0.6 is 31.9 Å². The molecule has 2 amide bonds. The first-order valence-electron chi connectivity index (χ1n) is 7.05. The maximum Gasteiger partial charge on any atom is 0.279 e. The minimum Gasteiger partial charge on any atom is -0.506 e. The van der Waals surface area contributed by atoms with Gasteiger partial charge in [-0.15, -0.1) is 0 Å². The van der Waals surface area contributed by atoms with E-state index in [1.807, 2.05) is 6.08 Å². The largest absolute Gasteiger partial charge is 0.506 e. The standard InChI is InChI=1S/C15H14Br2N2O3/c16-10-6-8(7-11(17)13(10)20)3-5-19-14(21)9-2-1-4-18-12(9)15(19)22/h2,6,8,20H,1,3-5,7H2. The third-order valence-electron chi connectivity index (χ3n) is 3.96. The number of aliphatic hydroxyl groups excluding tert-OH is 1. The summed E-state index contributed by atoms with van der Waals surface area (Å²) in [5.74, 6) is -0.166. The Balaban J connectivity index is 1.68. The Kier molecular flexibility index (Phi) is 4.36. The van der Waals surface area contributed by atoms with Gasteiger partial charge in [-0.1, -0.05) is 28.1 Å². The number of allylic oxidation sites excluding steroid dienone is 3. The summed E-state index contributed by atoms with van der Waals surface area (Å²) in [5.41, 5.74) is 0.769. The van der Waals surface area contributed by atoms with Crippen LogP contribution in [0.2, 0.25) is 0 Å². The van der Waals surface area contributed by atoms with Crippen LogP contribution in [-0.2, 0) is 9.59 Å². The van der Waals surface area contributed by atoms with E-state index in [0.717, 1.165) is 4.48 Å². The lowest BCUT2D eigenvalue weighted by Crippen LogP contribution is -2.32. The molecule has 1 fully saturated rings. The maximum absolute atomic E-state index is 12.3. The Hall–Kier alpha value is -1.21. The number of rotatable bonds is 3. The van der Waals surface area contributed by atoms with Crippen LogP contribution in [0.25, 0.3) is 0 Å². The summed E-state index contributed by atoms with van der Waals surface area (Å²) in [5, 5.41) is 9.74. The minimum atomic E-state index is -0.285. The molecule has 22 heavy (non-hydrogen) atoms. The fourth-order valence-corrected chi connectivity index (χ4v) is 4.30. The van der Waals surface area contributed by atoms with Gasteiger partial charge in [-0.3, -0.25) is 19.5 Å². The molecule has 1 unspecified atom stereocenters. The lowest BCUT2D eigenvalue weighted by atomic mass is 9.96. The molecule has 5 nitrogen and oxygen atoms in total. The van der Waals surface area contributed by atoms with E-state index in [4.69, 9.17) is 0 Å². The highest BCUT2D eigenvalue weighted by molar-refractivity contribution is 9.12. The van der Waals surface area contributed by atoms with Gasteiger partial charge in [0, 0.05) is 17.6 Å². The van der Waals surface area contributed by atoms with E-state index >= 15 is 0 Å². The van der Waals surface area contributed by atoms with Gasteiger partial charge in [0.15, 0.2) is 0 Å². The molecule has 0 aromatic rings. The van der Waals surface area contributed by atoms with Crippen LogP contribution in [0.15, 0.2) is 37.4 Å². The lowest BCUT2D eigenvalue weighted by Gasteiger charge is -2.21. The molecule has 0 bridgehead atoms. The van der Waals surface area contributed by atoms with Crippen molar-refractivity contribution in [1.82, 2.24) is 4.90 Å². The van der Waals surface area contributed by atoms with Crippen LogP contribution in [-0.4, -0.2) is 40.6 Å². The monoisotopic (exact) mass is 428 g/mol. The summed E-state index contributed by atoms with van der Waals surface area (Å²) in [6, 6.07) is 0. The number of hydrogen-bond acceptors (Lipinski definition) is 4. The van der Waals surface area contributed by atoms with E-state index in [0.29, 0.717) is 48.1 Å². The second kappa shape index (κ2) is 6.12. The molecule has 2 aliphatic heterocycles. The van der Waals surface area contributed by atoms with Crippen LogP contribution in [0.5, 0.6) is 0 Å². The first kappa shape index (κ1) is 15.7. The molecule has 0 aromatic carbocycles. The number of amides is 2. The summed E-state index contributed by atoms with van der Waals surface area (Å²) >= 11 is 6.65. The zero-order valence-corrected chi connectivity index (χ0v) is 14.9. The van der Waals surface area contributed by atoms with Crippen molar-refractivity contribution < 1.29 is 14.7 Å². The van der Waals surface area contributed by atoms with E-state index in [1.165, 1.54) is 4.90 Å². The number of likely N-dealkylation sites (tertiary alicyclic amines) is 1. The average Bonchev–Trinajstić information content (AvgIpc) is 2.75. The topological polar surface area (TPSA) is 70.0 Å². The zero-order chi connectivity index (χ0) is 15.9. The van der Waals surface area contributed by atoms with E-state index < -0.39 is 0 Å². The van der Waals surface area contributed by atoms with Gasteiger partial charge < -0.3 is 5.11 Å². The Bertz CT molecular complexity index is 644. The number of carbonyl (C=O) groups excluding carboxylic acids is 2.